The second kappa shape index (κ2) is 9.76. The molecule has 1 aliphatic rings. The Kier molecular flexibility index (Phi) is 7.37. The highest BCUT2D eigenvalue weighted by Gasteiger charge is 2.21. The molecule has 0 radical (unpaired) electrons. The zero-order chi connectivity index (χ0) is 18.1. The van der Waals surface area contributed by atoms with Gasteiger partial charge in [-0.1, -0.05) is 0 Å². The zero-order valence-electron chi connectivity index (χ0n) is 14.5. The summed E-state index contributed by atoms with van der Waals surface area (Å²) in [6.45, 7) is 1.57. The number of halogens is 1. The third-order valence-corrected chi connectivity index (χ3v) is 4.05. The second-order valence-electron chi connectivity index (χ2n) is 5.95. The van der Waals surface area contributed by atoms with Gasteiger partial charge in [0.2, 0.25) is 0 Å². The van der Waals surface area contributed by atoms with Crippen LogP contribution in [0.15, 0.2) is 29.4 Å². The molecular formula is C18H24FN3O3. The van der Waals surface area contributed by atoms with Crippen molar-refractivity contribution < 1.29 is 18.7 Å². The van der Waals surface area contributed by atoms with E-state index in [0.29, 0.717) is 17.9 Å². The minimum Gasteiger partial charge on any atom is -0.469 e. The van der Waals surface area contributed by atoms with E-state index in [9.17, 15) is 14.0 Å². The van der Waals surface area contributed by atoms with E-state index in [4.69, 9.17) is 0 Å². The van der Waals surface area contributed by atoms with Crippen LogP contribution in [0.4, 0.5) is 10.1 Å². The van der Waals surface area contributed by atoms with Crippen LogP contribution in [-0.2, 0) is 14.3 Å². The molecule has 0 saturated carbocycles. The van der Waals surface area contributed by atoms with Crippen molar-refractivity contribution in [1.29, 1.82) is 0 Å². The SMILES string of the molecule is COC(=O)CCCC(=O)/C(=N\Nc1ccc(F)cc1)N1CCCCC1. The number of Topliss-reactive ketones (excluding diaryl/α,β-unsaturated/α-hetero) is 1. The Balaban J connectivity index is 2.03. The summed E-state index contributed by atoms with van der Waals surface area (Å²) in [6, 6.07) is 5.79. The summed E-state index contributed by atoms with van der Waals surface area (Å²) < 4.78 is 17.6. The van der Waals surface area contributed by atoms with Gasteiger partial charge in [0.05, 0.1) is 12.8 Å². The molecule has 1 N–H and O–H groups in total. The molecule has 0 amide bonds. The number of carbonyl (C=O) groups is 2. The van der Waals surface area contributed by atoms with E-state index >= 15 is 0 Å². The lowest BCUT2D eigenvalue weighted by Gasteiger charge is -2.29. The summed E-state index contributed by atoms with van der Waals surface area (Å²) in [7, 11) is 1.33. The molecule has 0 aliphatic carbocycles. The minimum atomic E-state index is -0.329. The summed E-state index contributed by atoms with van der Waals surface area (Å²) in [5.41, 5.74) is 3.44. The predicted molar refractivity (Wildman–Crippen MR) is 93.8 cm³/mol. The van der Waals surface area contributed by atoms with Gasteiger partial charge in [-0.2, -0.15) is 5.10 Å². The van der Waals surface area contributed by atoms with Crippen molar-refractivity contribution in [3.8, 4) is 0 Å². The monoisotopic (exact) mass is 349 g/mol. The normalized spacial score (nSPS) is 15.0. The number of carbonyl (C=O) groups excluding carboxylic acids is 2. The summed E-state index contributed by atoms with van der Waals surface area (Å²) in [4.78, 5) is 25.7. The van der Waals surface area contributed by atoms with Crippen LogP contribution < -0.4 is 5.43 Å². The average molecular weight is 349 g/mol. The van der Waals surface area contributed by atoms with E-state index in [1.807, 2.05) is 4.90 Å². The number of nitrogens with one attached hydrogen (secondary N) is 1. The number of hydrazone groups is 1. The quantitative estimate of drug-likeness (QED) is 0.355. The van der Waals surface area contributed by atoms with Crippen molar-refractivity contribution in [1.82, 2.24) is 4.90 Å². The third kappa shape index (κ3) is 6.17. The van der Waals surface area contributed by atoms with Gasteiger partial charge in [-0.25, -0.2) is 4.39 Å². The van der Waals surface area contributed by atoms with E-state index in [2.05, 4.69) is 15.3 Å². The summed E-state index contributed by atoms with van der Waals surface area (Å²) in [5.74, 6) is -0.396. The van der Waals surface area contributed by atoms with Crippen LogP contribution >= 0.6 is 0 Å². The van der Waals surface area contributed by atoms with Crippen LogP contribution in [0.3, 0.4) is 0 Å². The van der Waals surface area contributed by atoms with Gasteiger partial charge in [0.25, 0.3) is 0 Å². The fourth-order valence-electron chi connectivity index (χ4n) is 2.66. The Bertz CT molecular complexity index is 610. The van der Waals surface area contributed by atoms with Crippen LogP contribution in [-0.4, -0.2) is 42.7 Å². The Labute approximate surface area is 147 Å². The van der Waals surface area contributed by atoms with Crippen LogP contribution in [0.1, 0.15) is 38.5 Å². The maximum absolute atomic E-state index is 13.0. The number of likely N-dealkylation sites (tertiary alicyclic amines) is 1. The Morgan fingerprint density at radius 3 is 2.48 bits per heavy atom. The number of methoxy groups -OCH3 is 1. The van der Waals surface area contributed by atoms with Crippen LogP contribution in [0.2, 0.25) is 0 Å². The molecule has 7 heteroatoms. The van der Waals surface area contributed by atoms with Gasteiger partial charge in [-0.15, -0.1) is 0 Å². The van der Waals surface area contributed by atoms with Gasteiger partial charge < -0.3 is 9.64 Å². The second-order valence-corrected chi connectivity index (χ2v) is 5.95. The number of esters is 1. The van der Waals surface area contributed by atoms with Gasteiger partial charge in [-0.05, 0) is 49.9 Å². The number of rotatable bonds is 7. The van der Waals surface area contributed by atoms with Crippen LogP contribution in [0.25, 0.3) is 0 Å². The molecule has 1 saturated heterocycles. The number of piperidine rings is 1. The third-order valence-electron chi connectivity index (χ3n) is 4.05. The van der Waals surface area contributed by atoms with Gasteiger partial charge in [-0.3, -0.25) is 15.0 Å². The zero-order valence-corrected chi connectivity index (χ0v) is 14.5. The molecule has 0 unspecified atom stereocenters. The van der Waals surface area contributed by atoms with E-state index in [-0.39, 0.29) is 30.4 Å². The highest BCUT2D eigenvalue weighted by molar-refractivity contribution is 6.38. The molecule has 0 bridgehead atoms. The average Bonchev–Trinajstić information content (AvgIpc) is 2.64. The Morgan fingerprint density at radius 1 is 1.16 bits per heavy atom. The largest absolute Gasteiger partial charge is 0.469 e. The lowest BCUT2D eigenvalue weighted by Crippen LogP contribution is -2.40. The number of hydrogen-bond acceptors (Lipinski definition) is 5. The van der Waals surface area contributed by atoms with E-state index in [0.717, 1.165) is 32.4 Å². The molecule has 0 atom stereocenters. The van der Waals surface area contributed by atoms with Crippen LogP contribution in [0.5, 0.6) is 0 Å². The van der Waals surface area contributed by atoms with Crippen molar-refractivity contribution >= 4 is 23.3 Å². The first kappa shape index (κ1) is 18.9. The fraction of sp³-hybridized carbons (Fsp3) is 0.500. The first-order valence-corrected chi connectivity index (χ1v) is 8.54. The predicted octanol–water partition coefficient (Wildman–Crippen LogP) is 2.95. The molecule has 1 heterocycles. The standard InChI is InChI=1S/C18H24FN3O3/c1-25-17(24)7-5-6-16(23)18(22-12-3-2-4-13-22)21-20-15-10-8-14(19)9-11-15/h8-11,20H,2-7,12-13H2,1H3/b21-18+. The summed E-state index contributed by atoms with van der Waals surface area (Å²) in [5, 5.41) is 4.27. The van der Waals surface area contributed by atoms with Crippen molar-refractivity contribution in [2.45, 2.75) is 38.5 Å². The molecule has 1 aliphatic heterocycles. The minimum absolute atomic E-state index is 0.111. The highest BCUT2D eigenvalue weighted by Crippen LogP contribution is 2.13. The maximum Gasteiger partial charge on any atom is 0.305 e. The van der Waals surface area contributed by atoms with E-state index in [1.165, 1.54) is 19.2 Å². The molecule has 6 nitrogen and oxygen atoms in total. The fourth-order valence-corrected chi connectivity index (χ4v) is 2.66. The molecule has 25 heavy (non-hydrogen) atoms. The number of benzene rings is 1. The number of nitrogens with zero attached hydrogens (tertiary/aromatic N) is 2. The van der Waals surface area contributed by atoms with Gasteiger partial charge in [0, 0.05) is 25.9 Å². The molecule has 1 fully saturated rings. The maximum atomic E-state index is 13.0. The number of hydrogen-bond donors (Lipinski definition) is 1. The first-order valence-electron chi connectivity index (χ1n) is 8.54. The van der Waals surface area contributed by atoms with Crippen molar-refractivity contribution in [2.24, 2.45) is 5.10 Å². The van der Waals surface area contributed by atoms with E-state index < -0.39 is 0 Å². The molecule has 1 aromatic carbocycles. The lowest BCUT2D eigenvalue weighted by atomic mass is 10.1. The number of ketones is 1. The van der Waals surface area contributed by atoms with Crippen molar-refractivity contribution in [3.05, 3.63) is 30.1 Å². The Morgan fingerprint density at radius 2 is 1.84 bits per heavy atom. The van der Waals surface area contributed by atoms with Gasteiger partial charge in [0.1, 0.15) is 5.82 Å². The lowest BCUT2D eigenvalue weighted by molar-refractivity contribution is -0.140. The van der Waals surface area contributed by atoms with Gasteiger partial charge in [0.15, 0.2) is 11.6 Å². The molecule has 136 valence electrons. The summed E-state index contributed by atoms with van der Waals surface area (Å²) >= 11 is 0. The van der Waals surface area contributed by atoms with E-state index in [1.54, 1.807) is 12.1 Å². The Hall–Kier alpha value is -2.44. The molecule has 0 aromatic heterocycles. The number of ether oxygens (including phenoxy) is 1. The number of amidine groups is 1. The first-order chi connectivity index (χ1) is 12.1. The topological polar surface area (TPSA) is 71.0 Å². The molecule has 0 spiro atoms. The van der Waals surface area contributed by atoms with Crippen molar-refractivity contribution in [2.75, 3.05) is 25.6 Å². The van der Waals surface area contributed by atoms with Crippen molar-refractivity contribution in [3.63, 3.8) is 0 Å². The molecular weight excluding hydrogens is 325 g/mol. The smallest absolute Gasteiger partial charge is 0.305 e. The van der Waals surface area contributed by atoms with Gasteiger partial charge >= 0.3 is 5.97 Å². The summed E-state index contributed by atoms with van der Waals surface area (Å²) in [6.07, 6.45) is 4.05. The molecule has 1 aromatic rings. The highest BCUT2D eigenvalue weighted by atomic mass is 19.1. The number of anilines is 1. The van der Waals surface area contributed by atoms with Crippen LogP contribution in [0, 0.1) is 5.82 Å². The molecule has 2 rings (SSSR count).